The monoisotopic (exact) mass is 350 g/mol. The molecule has 1 aromatic rings. The van der Waals surface area contributed by atoms with E-state index >= 15 is 0 Å². The van der Waals surface area contributed by atoms with Crippen LogP contribution >= 0.6 is 0 Å². The van der Waals surface area contributed by atoms with E-state index in [1.165, 1.54) is 4.90 Å². The second kappa shape index (κ2) is 8.82. The van der Waals surface area contributed by atoms with Gasteiger partial charge in [0.25, 0.3) is 0 Å². The van der Waals surface area contributed by atoms with E-state index in [9.17, 15) is 9.59 Å². The highest BCUT2D eigenvalue weighted by molar-refractivity contribution is 5.90. The molecule has 1 saturated heterocycles. The Labute approximate surface area is 148 Å². The van der Waals surface area contributed by atoms with E-state index in [2.05, 4.69) is 0 Å². The molecule has 1 heterocycles. The van der Waals surface area contributed by atoms with Crippen LogP contribution < -0.4 is 4.74 Å². The smallest absolute Gasteiger partial charge is 0.228 e. The number of nitrogens with zero attached hydrogens (tertiary/aromatic N) is 2. The van der Waals surface area contributed by atoms with E-state index < -0.39 is 12.0 Å². The molecule has 0 aromatic heterocycles. The molecular weight excluding hydrogens is 324 g/mol. The summed E-state index contributed by atoms with van der Waals surface area (Å²) >= 11 is 0. The molecule has 2 amide bonds. The minimum absolute atomic E-state index is 0.0799. The highest BCUT2D eigenvalue weighted by atomic mass is 16.5. The van der Waals surface area contributed by atoms with Crippen LogP contribution in [0.3, 0.4) is 0 Å². The number of carbonyl (C=O) groups excluding carboxylic acids is 2. The van der Waals surface area contributed by atoms with Crippen LogP contribution in [-0.2, 0) is 14.3 Å². The minimum Gasteiger partial charge on any atom is -0.496 e. The maximum Gasteiger partial charge on any atom is 0.228 e. The zero-order chi connectivity index (χ0) is 18.4. The molecule has 1 aromatic carbocycles. The summed E-state index contributed by atoms with van der Waals surface area (Å²) in [5.74, 6) is -0.105. The second-order valence-corrected chi connectivity index (χ2v) is 6.06. The van der Waals surface area contributed by atoms with Gasteiger partial charge in [0.1, 0.15) is 5.75 Å². The summed E-state index contributed by atoms with van der Waals surface area (Å²) in [5.41, 5.74) is 0.808. The van der Waals surface area contributed by atoms with Crippen LogP contribution in [0.4, 0.5) is 0 Å². The summed E-state index contributed by atoms with van der Waals surface area (Å²) in [6.07, 6.45) is 0.140. The van der Waals surface area contributed by atoms with Crippen LogP contribution in [0.5, 0.6) is 5.75 Å². The standard InChI is InChI=1S/C18H26N2O5/c1-19(8-10-21)18(23)14-12-16(22)20(9-11-24-2)17(14)13-6-4-5-7-15(13)25-3/h4-7,14,17,21H,8-12H2,1-3H3/t14-,17+/m1/s1. The Morgan fingerprint density at radius 1 is 1.36 bits per heavy atom. The lowest BCUT2D eigenvalue weighted by molar-refractivity contribution is -0.135. The van der Waals surface area contributed by atoms with E-state index in [-0.39, 0.29) is 31.4 Å². The number of amides is 2. The first-order chi connectivity index (χ1) is 12.0. The van der Waals surface area contributed by atoms with Crippen molar-refractivity contribution in [3.05, 3.63) is 29.8 Å². The average molecular weight is 350 g/mol. The lowest BCUT2D eigenvalue weighted by Gasteiger charge is -2.30. The van der Waals surface area contributed by atoms with Gasteiger partial charge >= 0.3 is 0 Å². The molecule has 1 fully saturated rings. The first-order valence-corrected chi connectivity index (χ1v) is 8.32. The molecule has 25 heavy (non-hydrogen) atoms. The van der Waals surface area contributed by atoms with Crippen LogP contribution in [0.25, 0.3) is 0 Å². The number of likely N-dealkylation sites (N-methyl/N-ethyl adjacent to an activating group) is 1. The van der Waals surface area contributed by atoms with Crippen LogP contribution in [0.1, 0.15) is 18.0 Å². The molecule has 0 bridgehead atoms. The predicted molar refractivity (Wildman–Crippen MR) is 92.2 cm³/mol. The Kier molecular flexibility index (Phi) is 6.78. The first-order valence-electron chi connectivity index (χ1n) is 8.32. The molecule has 1 aliphatic rings. The van der Waals surface area contributed by atoms with E-state index in [0.717, 1.165) is 5.56 Å². The van der Waals surface area contributed by atoms with Gasteiger partial charge in [-0.1, -0.05) is 18.2 Å². The molecule has 7 heteroatoms. The number of aliphatic hydroxyl groups is 1. The number of hydrogen-bond donors (Lipinski definition) is 1. The Morgan fingerprint density at radius 2 is 2.08 bits per heavy atom. The van der Waals surface area contributed by atoms with E-state index in [1.807, 2.05) is 24.3 Å². The normalized spacial score (nSPS) is 20.0. The van der Waals surface area contributed by atoms with Crippen molar-refractivity contribution in [3.63, 3.8) is 0 Å². The molecule has 0 saturated carbocycles. The summed E-state index contributed by atoms with van der Waals surface area (Å²) in [6.45, 7) is 0.923. The SMILES string of the molecule is COCCN1C(=O)C[C@@H](C(=O)N(C)CCO)[C@@H]1c1ccccc1OC. The molecular formula is C18H26N2O5. The summed E-state index contributed by atoms with van der Waals surface area (Å²) in [7, 11) is 4.79. The Hall–Kier alpha value is -2.12. The zero-order valence-electron chi connectivity index (χ0n) is 15.0. The molecule has 0 aliphatic carbocycles. The summed E-state index contributed by atoms with van der Waals surface area (Å²) < 4.78 is 10.6. The number of rotatable bonds is 8. The number of hydrogen-bond acceptors (Lipinski definition) is 5. The lowest BCUT2D eigenvalue weighted by Crippen LogP contribution is -2.39. The van der Waals surface area contributed by atoms with Gasteiger partial charge in [-0.3, -0.25) is 9.59 Å². The quantitative estimate of drug-likeness (QED) is 0.746. The van der Waals surface area contributed by atoms with Crippen molar-refractivity contribution in [1.82, 2.24) is 9.80 Å². The van der Waals surface area contributed by atoms with E-state index in [0.29, 0.717) is 18.9 Å². The number of para-hydroxylation sites is 1. The first kappa shape index (κ1) is 19.2. The second-order valence-electron chi connectivity index (χ2n) is 6.06. The third-order valence-electron chi connectivity index (χ3n) is 4.55. The fraction of sp³-hybridized carbons (Fsp3) is 0.556. The molecule has 1 aliphatic heterocycles. The number of methoxy groups -OCH3 is 2. The van der Waals surface area contributed by atoms with Crippen molar-refractivity contribution < 1.29 is 24.2 Å². The van der Waals surface area contributed by atoms with Crippen LogP contribution in [0, 0.1) is 5.92 Å². The van der Waals surface area contributed by atoms with Gasteiger partial charge in [-0.2, -0.15) is 0 Å². The number of ether oxygens (including phenoxy) is 2. The van der Waals surface area contributed by atoms with Gasteiger partial charge in [0.15, 0.2) is 0 Å². The molecule has 138 valence electrons. The maximum atomic E-state index is 12.8. The molecule has 0 unspecified atom stereocenters. The summed E-state index contributed by atoms with van der Waals surface area (Å²) in [5, 5.41) is 9.11. The molecule has 0 radical (unpaired) electrons. The molecule has 7 nitrogen and oxygen atoms in total. The third kappa shape index (κ3) is 4.11. The highest BCUT2D eigenvalue weighted by Gasteiger charge is 2.46. The van der Waals surface area contributed by atoms with Gasteiger partial charge in [-0.05, 0) is 6.07 Å². The number of carbonyl (C=O) groups is 2. The predicted octanol–water partition coefficient (Wildman–Crippen LogP) is 0.682. The zero-order valence-corrected chi connectivity index (χ0v) is 15.0. The fourth-order valence-corrected chi connectivity index (χ4v) is 3.30. The molecule has 2 rings (SSSR count). The van der Waals surface area contributed by atoms with Crippen LogP contribution in [0.2, 0.25) is 0 Å². The van der Waals surface area contributed by atoms with Crippen LogP contribution in [0.15, 0.2) is 24.3 Å². The van der Waals surface area contributed by atoms with Gasteiger partial charge in [-0.15, -0.1) is 0 Å². The fourth-order valence-electron chi connectivity index (χ4n) is 3.30. The third-order valence-corrected chi connectivity index (χ3v) is 4.55. The Bertz CT molecular complexity index is 607. The van der Waals surface area contributed by atoms with Gasteiger partial charge < -0.3 is 24.4 Å². The van der Waals surface area contributed by atoms with Crippen molar-refractivity contribution >= 4 is 11.8 Å². The molecule has 2 atom stereocenters. The van der Waals surface area contributed by atoms with Gasteiger partial charge in [0.2, 0.25) is 11.8 Å². The summed E-state index contributed by atoms with van der Waals surface area (Å²) in [6, 6.07) is 7.02. The van der Waals surface area contributed by atoms with Crippen molar-refractivity contribution in [2.45, 2.75) is 12.5 Å². The average Bonchev–Trinajstić information content (AvgIpc) is 2.95. The number of benzene rings is 1. The number of aliphatic hydroxyl groups excluding tert-OH is 1. The van der Waals surface area contributed by atoms with E-state index in [4.69, 9.17) is 14.6 Å². The topological polar surface area (TPSA) is 79.3 Å². The minimum atomic E-state index is -0.516. The van der Waals surface area contributed by atoms with Gasteiger partial charge in [0, 0.05) is 39.2 Å². The number of likely N-dealkylation sites (tertiary alicyclic amines) is 1. The van der Waals surface area contributed by atoms with Crippen molar-refractivity contribution in [2.24, 2.45) is 5.92 Å². The Morgan fingerprint density at radius 3 is 2.72 bits per heavy atom. The van der Waals surface area contributed by atoms with Crippen molar-refractivity contribution in [3.8, 4) is 5.75 Å². The molecule has 0 spiro atoms. The van der Waals surface area contributed by atoms with Crippen molar-refractivity contribution in [1.29, 1.82) is 0 Å². The summed E-state index contributed by atoms with van der Waals surface area (Å²) in [4.78, 5) is 28.6. The highest BCUT2D eigenvalue weighted by Crippen LogP contribution is 2.42. The largest absolute Gasteiger partial charge is 0.496 e. The van der Waals surface area contributed by atoms with Crippen LogP contribution in [-0.4, -0.2) is 74.3 Å². The van der Waals surface area contributed by atoms with Gasteiger partial charge in [-0.25, -0.2) is 0 Å². The van der Waals surface area contributed by atoms with Crippen molar-refractivity contribution in [2.75, 3.05) is 47.6 Å². The lowest BCUT2D eigenvalue weighted by atomic mass is 9.91. The van der Waals surface area contributed by atoms with E-state index in [1.54, 1.807) is 26.2 Å². The molecule has 1 N–H and O–H groups in total. The Balaban J connectivity index is 2.40. The van der Waals surface area contributed by atoms with Gasteiger partial charge in [0.05, 0.1) is 32.3 Å². The maximum absolute atomic E-state index is 12.8.